The molecular weight excluding hydrogens is 398 g/mol. The molecule has 0 saturated carbocycles. The van der Waals surface area contributed by atoms with Crippen LogP contribution < -0.4 is 27.8 Å². The van der Waals surface area contributed by atoms with E-state index in [0.717, 1.165) is 11.0 Å². The first-order valence-corrected chi connectivity index (χ1v) is 9.50. The average Bonchev–Trinajstić information content (AvgIpc) is 2.91. The number of aliphatic imine (C=N–C) groups is 1. The van der Waals surface area contributed by atoms with Gasteiger partial charge in [-0.2, -0.15) is 0 Å². The predicted molar refractivity (Wildman–Crippen MR) is 108 cm³/mol. The van der Waals surface area contributed by atoms with Crippen LogP contribution in [0, 0.1) is 0 Å². The van der Waals surface area contributed by atoms with Crippen LogP contribution in [0.5, 0.6) is 5.88 Å². The number of H-pyrrole nitrogens is 1. The topological polar surface area (TPSA) is 218 Å². The monoisotopic (exact) mass is 427 g/mol. The molecule has 0 aliphatic carbocycles. The third-order valence-corrected chi connectivity index (χ3v) is 4.07. The van der Waals surface area contributed by atoms with Crippen molar-refractivity contribution >= 4 is 23.7 Å². The third-order valence-electron chi connectivity index (χ3n) is 4.07. The number of aromatic amines is 1. The van der Waals surface area contributed by atoms with Crippen LogP contribution in [-0.4, -0.2) is 62.6 Å². The summed E-state index contributed by atoms with van der Waals surface area (Å²) in [6, 6.07) is -1.30. The molecular formula is C17H29N7O6. The highest BCUT2D eigenvalue weighted by Crippen LogP contribution is 2.14. The fraction of sp³-hybridized carbons (Fsp3) is 0.588. The Morgan fingerprint density at radius 3 is 2.57 bits per heavy atom. The number of carbonyl (C=O) groups is 3. The normalized spacial score (nSPS) is 11.5. The fourth-order valence-electron chi connectivity index (χ4n) is 2.58. The predicted octanol–water partition coefficient (Wildman–Crippen LogP) is -2.04. The molecule has 9 N–H and O–H groups in total. The van der Waals surface area contributed by atoms with Gasteiger partial charge in [-0.25, -0.2) is 4.79 Å². The second-order valence-electron chi connectivity index (χ2n) is 6.59. The summed E-state index contributed by atoms with van der Waals surface area (Å²) in [5, 5.41) is 24.0. The minimum atomic E-state index is -1.30. The first kappa shape index (κ1) is 24.5. The standard InChI is InChI=1S/C17H29N7O6/c1-2-3-6-20-14(28)11(8-13(26)27)22-12(25)9-24-15(29)10(23-17(24)30)5-4-7-21-16(18)19/h11,29H,2-9H2,1H3,(H,20,28)(H,22,25)(H,23,30)(H,26,27)(H4,18,19,21)/t11-/m0/s1. The second-order valence-corrected chi connectivity index (χ2v) is 6.59. The lowest BCUT2D eigenvalue weighted by atomic mass is 10.2. The van der Waals surface area contributed by atoms with E-state index in [1.54, 1.807) is 0 Å². The number of carboxylic acid groups (broad SMARTS) is 1. The number of amides is 2. The Kier molecular flexibility index (Phi) is 9.92. The number of guanidine groups is 1. The lowest BCUT2D eigenvalue weighted by Gasteiger charge is -2.17. The zero-order valence-electron chi connectivity index (χ0n) is 16.8. The van der Waals surface area contributed by atoms with E-state index in [2.05, 4.69) is 20.6 Å². The van der Waals surface area contributed by atoms with Crippen LogP contribution in [0.15, 0.2) is 9.79 Å². The summed E-state index contributed by atoms with van der Waals surface area (Å²) in [5.41, 5.74) is 9.92. The Morgan fingerprint density at radius 2 is 1.97 bits per heavy atom. The van der Waals surface area contributed by atoms with Crippen molar-refractivity contribution in [1.82, 2.24) is 20.2 Å². The van der Waals surface area contributed by atoms with Gasteiger partial charge in [0.15, 0.2) is 5.96 Å². The highest BCUT2D eigenvalue weighted by atomic mass is 16.4. The Hall–Kier alpha value is -3.51. The first-order valence-electron chi connectivity index (χ1n) is 9.50. The highest BCUT2D eigenvalue weighted by Gasteiger charge is 2.24. The number of nitrogens with two attached hydrogens (primary N) is 2. The average molecular weight is 427 g/mol. The number of carboxylic acids is 1. The zero-order chi connectivity index (χ0) is 22.7. The van der Waals surface area contributed by atoms with E-state index in [9.17, 15) is 24.3 Å². The number of imidazole rings is 1. The van der Waals surface area contributed by atoms with Crippen molar-refractivity contribution in [2.75, 3.05) is 13.1 Å². The molecule has 1 aromatic rings. The molecule has 2 amide bonds. The van der Waals surface area contributed by atoms with Crippen molar-refractivity contribution in [3.63, 3.8) is 0 Å². The molecule has 1 atom stereocenters. The molecule has 0 aliphatic rings. The number of aryl methyl sites for hydroxylation is 1. The third kappa shape index (κ3) is 8.24. The number of hydrogen-bond acceptors (Lipinski definition) is 6. The van der Waals surface area contributed by atoms with Gasteiger partial charge in [-0.05, 0) is 19.3 Å². The van der Waals surface area contributed by atoms with Crippen molar-refractivity contribution < 1.29 is 24.6 Å². The van der Waals surface area contributed by atoms with Crippen LogP contribution in [0.3, 0.4) is 0 Å². The largest absolute Gasteiger partial charge is 0.493 e. The number of aromatic nitrogens is 2. The van der Waals surface area contributed by atoms with Gasteiger partial charge in [0.2, 0.25) is 17.7 Å². The maximum absolute atomic E-state index is 12.3. The molecule has 168 valence electrons. The van der Waals surface area contributed by atoms with Gasteiger partial charge in [0.1, 0.15) is 12.6 Å². The van der Waals surface area contributed by atoms with Gasteiger partial charge in [-0.1, -0.05) is 13.3 Å². The summed E-state index contributed by atoms with van der Waals surface area (Å²) in [5.74, 6) is -3.20. The molecule has 1 rings (SSSR count). The lowest BCUT2D eigenvalue weighted by Crippen LogP contribution is -2.49. The van der Waals surface area contributed by atoms with E-state index in [0.29, 0.717) is 25.9 Å². The molecule has 0 radical (unpaired) electrons. The Labute approximate surface area is 172 Å². The summed E-state index contributed by atoms with van der Waals surface area (Å²) in [6.45, 7) is 1.98. The van der Waals surface area contributed by atoms with E-state index in [4.69, 9.17) is 16.6 Å². The first-order chi connectivity index (χ1) is 14.1. The molecule has 1 aromatic heterocycles. The van der Waals surface area contributed by atoms with Gasteiger partial charge in [0.05, 0.1) is 12.1 Å². The highest BCUT2D eigenvalue weighted by molar-refractivity contribution is 5.90. The molecule has 0 aliphatic heterocycles. The number of rotatable bonds is 13. The summed E-state index contributed by atoms with van der Waals surface area (Å²) in [6.07, 6.45) is 1.62. The van der Waals surface area contributed by atoms with E-state index in [-0.39, 0.29) is 18.1 Å². The number of nitrogens with zero attached hydrogens (tertiary/aromatic N) is 2. The van der Waals surface area contributed by atoms with Crippen LogP contribution in [0.1, 0.15) is 38.3 Å². The smallest absolute Gasteiger partial charge is 0.329 e. The van der Waals surface area contributed by atoms with Crippen molar-refractivity contribution in [2.45, 2.75) is 51.6 Å². The number of aromatic hydroxyl groups is 1. The Bertz CT molecular complexity index is 825. The van der Waals surface area contributed by atoms with Gasteiger partial charge < -0.3 is 37.3 Å². The van der Waals surface area contributed by atoms with Gasteiger partial charge in [0.25, 0.3) is 0 Å². The van der Waals surface area contributed by atoms with E-state index in [1.807, 2.05) is 6.92 Å². The molecule has 0 aromatic carbocycles. The number of unbranched alkanes of at least 4 members (excludes halogenated alkanes) is 1. The second kappa shape index (κ2) is 12.1. The fourth-order valence-corrected chi connectivity index (χ4v) is 2.58. The van der Waals surface area contributed by atoms with Crippen molar-refractivity contribution in [1.29, 1.82) is 0 Å². The van der Waals surface area contributed by atoms with Crippen LogP contribution in [0.4, 0.5) is 0 Å². The van der Waals surface area contributed by atoms with E-state index in [1.165, 1.54) is 0 Å². The van der Waals surface area contributed by atoms with Gasteiger partial charge >= 0.3 is 11.7 Å². The summed E-state index contributed by atoms with van der Waals surface area (Å²) in [4.78, 5) is 53.7. The van der Waals surface area contributed by atoms with Gasteiger partial charge in [-0.15, -0.1) is 0 Å². The zero-order valence-corrected chi connectivity index (χ0v) is 16.8. The van der Waals surface area contributed by atoms with Crippen LogP contribution in [-0.2, 0) is 27.3 Å². The number of aliphatic carboxylic acids is 1. The van der Waals surface area contributed by atoms with Crippen molar-refractivity contribution in [2.24, 2.45) is 16.5 Å². The van der Waals surface area contributed by atoms with Crippen molar-refractivity contribution in [3.8, 4) is 5.88 Å². The molecule has 0 unspecified atom stereocenters. The lowest BCUT2D eigenvalue weighted by molar-refractivity contribution is -0.140. The quantitative estimate of drug-likeness (QED) is 0.105. The summed E-state index contributed by atoms with van der Waals surface area (Å²) < 4.78 is 0.790. The molecule has 13 heteroatoms. The maximum atomic E-state index is 12.3. The van der Waals surface area contributed by atoms with Crippen LogP contribution in [0.2, 0.25) is 0 Å². The van der Waals surface area contributed by atoms with E-state index < -0.39 is 48.4 Å². The van der Waals surface area contributed by atoms with Crippen LogP contribution in [0.25, 0.3) is 0 Å². The molecule has 13 nitrogen and oxygen atoms in total. The van der Waals surface area contributed by atoms with Gasteiger partial charge in [-0.3, -0.25) is 23.9 Å². The minimum Gasteiger partial charge on any atom is -0.493 e. The van der Waals surface area contributed by atoms with E-state index >= 15 is 0 Å². The number of nitrogens with one attached hydrogen (secondary N) is 3. The van der Waals surface area contributed by atoms with Gasteiger partial charge in [0, 0.05) is 13.1 Å². The molecule has 0 fully saturated rings. The summed E-state index contributed by atoms with van der Waals surface area (Å²) >= 11 is 0. The Morgan fingerprint density at radius 1 is 1.27 bits per heavy atom. The molecule has 0 spiro atoms. The maximum Gasteiger partial charge on any atom is 0.329 e. The molecule has 0 saturated heterocycles. The minimum absolute atomic E-state index is 0.0726. The van der Waals surface area contributed by atoms with Crippen molar-refractivity contribution in [3.05, 3.63) is 16.2 Å². The SMILES string of the molecule is CCCCNC(=O)[C@H](CC(=O)O)NC(=O)Cn1c(O)c(CCCN=C(N)N)[nH]c1=O. The molecule has 30 heavy (non-hydrogen) atoms. The Balaban J connectivity index is 2.77. The molecule has 0 bridgehead atoms. The van der Waals surface area contributed by atoms with Crippen LogP contribution >= 0.6 is 0 Å². The number of hydrogen-bond donors (Lipinski definition) is 7. The molecule has 1 heterocycles. The number of carbonyl (C=O) groups excluding carboxylic acids is 2. The summed E-state index contributed by atoms with van der Waals surface area (Å²) in [7, 11) is 0.